The van der Waals surface area contributed by atoms with Gasteiger partial charge in [0.1, 0.15) is 23.9 Å². The number of phenolic OH excluding ortho intramolecular Hbond substituents is 1. The van der Waals surface area contributed by atoms with Gasteiger partial charge in [0.2, 0.25) is 11.8 Å². The summed E-state index contributed by atoms with van der Waals surface area (Å²) >= 11 is 0. The fourth-order valence-electron chi connectivity index (χ4n) is 3.90. The maximum atomic E-state index is 13.4. The Morgan fingerprint density at radius 1 is 1.24 bits per heavy atom. The number of rotatable bonds is 8. The fraction of sp³-hybridized carbons (Fsp3) is 0.560. The summed E-state index contributed by atoms with van der Waals surface area (Å²) in [6.45, 7) is 10.4. The molecule has 0 saturated heterocycles. The standard InChI is InChI=1S/C25H37N3O5/c1-6-14-28(21(30)16-26-24(32)33-25(3,4)5)22(18-12-13-20(29)17(2)15-18)23(31)27-19-10-8-7-9-11-19/h6,12-13,15,19,22,29H,1,7-11,14,16H2,2-5H3,(H,26,32)(H,27,31). The lowest BCUT2D eigenvalue weighted by Gasteiger charge is -2.33. The highest BCUT2D eigenvalue weighted by Gasteiger charge is 2.33. The van der Waals surface area contributed by atoms with E-state index in [4.69, 9.17) is 4.74 Å². The van der Waals surface area contributed by atoms with Gasteiger partial charge < -0.3 is 25.4 Å². The van der Waals surface area contributed by atoms with E-state index in [9.17, 15) is 19.5 Å². The van der Waals surface area contributed by atoms with Gasteiger partial charge in [-0.1, -0.05) is 31.4 Å². The molecule has 182 valence electrons. The monoisotopic (exact) mass is 459 g/mol. The third kappa shape index (κ3) is 8.11. The van der Waals surface area contributed by atoms with E-state index in [1.807, 2.05) is 0 Å². The van der Waals surface area contributed by atoms with Crippen LogP contribution in [0.25, 0.3) is 0 Å². The molecule has 0 aromatic heterocycles. The van der Waals surface area contributed by atoms with Crippen molar-refractivity contribution in [1.29, 1.82) is 0 Å². The molecule has 3 amide bonds. The molecule has 2 rings (SSSR count). The van der Waals surface area contributed by atoms with E-state index in [2.05, 4.69) is 17.2 Å². The number of nitrogens with zero attached hydrogens (tertiary/aromatic N) is 1. The molecule has 0 heterocycles. The number of benzene rings is 1. The van der Waals surface area contributed by atoms with E-state index in [0.717, 1.165) is 32.1 Å². The lowest BCUT2D eigenvalue weighted by atomic mass is 9.94. The highest BCUT2D eigenvalue weighted by atomic mass is 16.6. The second-order valence-electron chi connectivity index (χ2n) is 9.48. The third-order valence-corrected chi connectivity index (χ3v) is 5.48. The number of nitrogens with one attached hydrogen (secondary N) is 2. The van der Waals surface area contributed by atoms with Crippen LogP contribution < -0.4 is 10.6 Å². The SMILES string of the molecule is C=CCN(C(=O)CNC(=O)OC(C)(C)C)C(C(=O)NC1CCCCC1)c1ccc(O)c(C)c1. The van der Waals surface area contributed by atoms with Gasteiger partial charge in [-0.2, -0.15) is 0 Å². The molecule has 1 aliphatic carbocycles. The van der Waals surface area contributed by atoms with Crippen LogP contribution in [-0.4, -0.2) is 52.6 Å². The van der Waals surface area contributed by atoms with Gasteiger partial charge in [0, 0.05) is 12.6 Å². The molecule has 8 nitrogen and oxygen atoms in total. The average Bonchev–Trinajstić information content (AvgIpc) is 2.73. The molecule has 0 aliphatic heterocycles. The van der Waals surface area contributed by atoms with E-state index < -0.39 is 23.6 Å². The molecule has 33 heavy (non-hydrogen) atoms. The Balaban J connectivity index is 2.28. The summed E-state index contributed by atoms with van der Waals surface area (Å²) in [6.07, 6.45) is 5.92. The van der Waals surface area contributed by atoms with Crippen molar-refractivity contribution in [2.75, 3.05) is 13.1 Å². The van der Waals surface area contributed by atoms with Crippen LogP contribution in [0.5, 0.6) is 5.75 Å². The molecular weight excluding hydrogens is 422 g/mol. The van der Waals surface area contributed by atoms with E-state index in [0.29, 0.717) is 11.1 Å². The maximum Gasteiger partial charge on any atom is 0.408 e. The van der Waals surface area contributed by atoms with Gasteiger partial charge >= 0.3 is 6.09 Å². The second-order valence-corrected chi connectivity index (χ2v) is 9.48. The van der Waals surface area contributed by atoms with Gasteiger partial charge in [-0.15, -0.1) is 6.58 Å². The largest absolute Gasteiger partial charge is 0.508 e. The Bertz CT molecular complexity index is 856. The number of ether oxygens (including phenoxy) is 1. The number of carbonyl (C=O) groups excluding carboxylic acids is 3. The maximum absolute atomic E-state index is 13.4. The molecule has 1 aromatic carbocycles. The van der Waals surface area contributed by atoms with Crippen LogP contribution in [0.1, 0.15) is 70.0 Å². The molecular formula is C25H37N3O5. The number of amides is 3. The lowest BCUT2D eigenvalue weighted by molar-refractivity contribution is -0.140. The van der Waals surface area contributed by atoms with Crippen LogP contribution in [0, 0.1) is 6.92 Å². The topological polar surface area (TPSA) is 108 Å². The minimum Gasteiger partial charge on any atom is -0.508 e. The molecule has 1 fully saturated rings. The molecule has 8 heteroatoms. The van der Waals surface area contributed by atoms with E-state index in [1.54, 1.807) is 45.9 Å². The van der Waals surface area contributed by atoms with Gasteiger partial charge in [0.25, 0.3) is 0 Å². The highest BCUT2D eigenvalue weighted by Crippen LogP contribution is 2.27. The summed E-state index contributed by atoms with van der Waals surface area (Å²) in [6, 6.07) is 3.98. The Labute approximate surface area is 196 Å². The van der Waals surface area contributed by atoms with Crippen molar-refractivity contribution >= 4 is 17.9 Å². The fourth-order valence-corrected chi connectivity index (χ4v) is 3.90. The van der Waals surface area contributed by atoms with Crippen molar-refractivity contribution in [2.24, 2.45) is 0 Å². The van der Waals surface area contributed by atoms with Crippen molar-refractivity contribution in [3.05, 3.63) is 42.0 Å². The highest BCUT2D eigenvalue weighted by molar-refractivity contribution is 5.90. The minimum atomic E-state index is -0.933. The zero-order valence-corrected chi connectivity index (χ0v) is 20.1. The molecule has 1 aromatic rings. The Morgan fingerprint density at radius 3 is 2.48 bits per heavy atom. The van der Waals surface area contributed by atoms with Crippen molar-refractivity contribution in [3.63, 3.8) is 0 Å². The van der Waals surface area contributed by atoms with Gasteiger partial charge in [0.05, 0.1) is 0 Å². The molecule has 0 bridgehead atoms. The Hall–Kier alpha value is -3.03. The number of alkyl carbamates (subject to hydrolysis) is 1. The van der Waals surface area contributed by atoms with Crippen molar-refractivity contribution < 1.29 is 24.2 Å². The van der Waals surface area contributed by atoms with Crippen molar-refractivity contribution in [2.45, 2.75) is 77.5 Å². The van der Waals surface area contributed by atoms with Gasteiger partial charge in [-0.25, -0.2) is 4.79 Å². The molecule has 1 unspecified atom stereocenters. The Kier molecular flexibility index (Phi) is 9.32. The summed E-state index contributed by atoms with van der Waals surface area (Å²) in [7, 11) is 0. The first kappa shape index (κ1) is 26.2. The van der Waals surface area contributed by atoms with Crippen LogP contribution in [0.4, 0.5) is 4.79 Å². The molecule has 0 spiro atoms. The molecule has 3 N–H and O–H groups in total. The second kappa shape index (κ2) is 11.7. The van der Waals surface area contributed by atoms with Crippen LogP contribution in [0.2, 0.25) is 0 Å². The first-order chi connectivity index (χ1) is 15.5. The zero-order chi connectivity index (χ0) is 24.6. The van der Waals surface area contributed by atoms with Crippen LogP contribution in [-0.2, 0) is 14.3 Å². The van der Waals surface area contributed by atoms with Gasteiger partial charge in [-0.05, 0) is 63.8 Å². The van der Waals surface area contributed by atoms with Crippen LogP contribution in [0.3, 0.4) is 0 Å². The summed E-state index contributed by atoms with van der Waals surface area (Å²) in [5.41, 5.74) is 0.479. The number of carbonyl (C=O) groups is 3. The summed E-state index contributed by atoms with van der Waals surface area (Å²) in [5.74, 6) is -0.631. The van der Waals surface area contributed by atoms with Crippen molar-refractivity contribution in [1.82, 2.24) is 15.5 Å². The zero-order valence-electron chi connectivity index (χ0n) is 20.1. The number of aromatic hydroxyl groups is 1. The normalized spacial score (nSPS) is 15.3. The van der Waals surface area contributed by atoms with Crippen LogP contribution in [0.15, 0.2) is 30.9 Å². The predicted octanol–water partition coefficient (Wildman–Crippen LogP) is 3.73. The summed E-state index contributed by atoms with van der Waals surface area (Å²) in [4.78, 5) is 40.0. The van der Waals surface area contributed by atoms with Gasteiger partial charge in [0.15, 0.2) is 0 Å². The van der Waals surface area contributed by atoms with Gasteiger partial charge in [-0.3, -0.25) is 9.59 Å². The molecule has 1 aliphatic rings. The molecule has 1 saturated carbocycles. The van der Waals surface area contributed by atoms with E-state index in [1.165, 1.54) is 11.0 Å². The quantitative estimate of drug-likeness (QED) is 0.514. The average molecular weight is 460 g/mol. The first-order valence-electron chi connectivity index (χ1n) is 11.5. The van der Waals surface area contributed by atoms with E-state index in [-0.39, 0.29) is 30.8 Å². The lowest BCUT2D eigenvalue weighted by Crippen LogP contribution is -2.49. The smallest absolute Gasteiger partial charge is 0.408 e. The summed E-state index contributed by atoms with van der Waals surface area (Å²) in [5, 5.41) is 15.5. The molecule has 1 atom stereocenters. The number of phenols is 1. The number of hydrogen-bond donors (Lipinski definition) is 3. The first-order valence-corrected chi connectivity index (χ1v) is 11.5. The third-order valence-electron chi connectivity index (χ3n) is 5.48. The van der Waals surface area contributed by atoms with E-state index >= 15 is 0 Å². The Morgan fingerprint density at radius 2 is 1.91 bits per heavy atom. The van der Waals surface area contributed by atoms with Crippen LogP contribution >= 0.6 is 0 Å². The number of hydrogen-bond acceptors (Lipinski definition) is 5. The predicted molar refractivity (Wildman–Crippen MR) is 127 cm³/mol. The molecule has 0 radical (unpaired) electrons. The summed E-state index contributed by atoms with van der Waals surface area (Å²) < 4.78 is 5.20. The number of aryl methyl sites for hydroxylation is 1. The van der Waals surface area contributed by atoms with Crippen molar-refractivity contribution in [3.8, 4) is 5.75 Å². The minimum absolute atomic E-state index is 0.0625.